The van der Waals surface area contributed by atoms with Crippen LogP contribution in [0.15, 0.2) is 18.2 Å². The molecule has 22 heavy (non-hydrogen) atoms. The van der Waals surface area contributed by atoms with Crippen LogP contribution in [0, 0.1) is 0 Å². The Morgan fingerprint density at radius 3 is 3.05 bits per heavy atom. The third kappa shape index (κ3) is 3.50. The predicted molar refractivity (Wildman–Crippen MR) is 90.1 cm³/mol. The molecule has 0 aromatic heterocycles. The Morgan fingerprint density at radius 1 is 1.41 bits per heavy atom. The minimum absolute atomic E-state index is 0.132. The SMILES string of the molecule is CC(NCCC1CCCN1C)c1ccc2c(c1)CCC(=O)N2. The summed E-state index contributed by atoms with van der Waals surface area (Å²) in [5.41, 5.74) is 3.57. The molecule has 1 saturated heterocycles. The predicted octanol–water partition coefficient (Wildman–Crippen LogP) is 2.71. The molecule has 0 radical (unpaired) electrons. The maximum Gasteiger partial charge on any atom is 0.224 e. The number of carbonyl (C=O) groups is 1. The molecule has 2 heterocycles. The maximum atomic E-state index is 11.4. The number of nitrogens with zero attached hydrogens (tertiary/aromatic N) is 1. The molecule has 1 aromatic carbocycles. The third-order valence-corrected chi connectivity index (χ3v) is 5.12. The first-order valence-electron chi connectivity index (χ1n) is 8.50. The summed E-state index contributed by atoms with van der Waals surface area (Å²) in [6, 6.07) is 7.52. The van der Waals surface area contributed by atoms with Crippen LogP contribution in [0.3, 0.4) is 0 Å². The average molecular weight is 301 g/mol. The van der Waals surface area contributed by atoms with E-state index >= 15 is 0 Å². The highest BCUT2D eigenvalue weighted by atomic mass is 16.1. The first-order chi connectivity index (χ1) is 10.6. The largest absolute Gasteiger partial charge is 0.326 e. The molecular weight excluding hydrogens is 274 g/mol. The number of rotatable bonds is 5. The van der Waals surface area contributed by atoms with Crippen LogP contribution in [0.25, 0.3) is 0 Å². The van der Waals surface area contributed by atoms with Crippen LogP contribution >= 0.6 is 0 Å². The number of amides is 1. The number of benzene rings is 1. The van der Waals surface area contributed by atoms with Gasteiger partial charge in [0, 0.05) is 24.2 Å². The lowest BCUT2D eigenvalue weighted by Gasteiger charge is -2.22. The molecule has 1 aromatic rings. The van der Waals surface area contributed by atoms with Gasteiger partial charge >= 0.3 is 0 Å². The summed E-state index contributed by atoms with van der Waals surface area (Å²) in [6.07, 6.45) is 5.36. The van der Waals surface area contributed by atoms with E-state index in [1.807, 2.05) is 6.07 Å². The Labute approximate surface area is 133 Å². The molecule has 2 N–H and O–H groups in total. The molecule has 0 aliphatic carbocycles. The zero-order chi connectivity index (χ0) is 15.5. The molecule has 0 spiro atoms. The molecule has 2 unspecified atom stereocenters. The van der Waals surface area contributed by atoms with E-state index in [0.717, 1.165) is 24.7 Å². The molecule has 4 nitrogen and oxygen atoms in total. The van der Waals surface area contributed by atoms with Crippen LogP contribution in [0.5, 0.6) is 0 Å². The van der Waals surface area contributed by atoms with E-state index in [4.69, 9.17) is 0 Å². The van der Waals surface area contributed by atoms with E-state index in [9.17, 15) is 4.79 Å². The molecule has 1 fully saturated rings. The molecule has 4 heteroatoms. The summed E-state index contributed by atoms with van der Waals surface area (Å²) in [7, 11) is 2.23. The van der Waals surface area contributed by atoms with E-state index in [2.05, 4.69) is 41.6 Å². The molecule has 3 rings (SSSR count). The monoisotopic (exact) mass is 301 g/mol. The van der Waals surface area contributed by atoms with Crippen molar-refractivity contribution in [2.45, 2.75) is 51.1 Å². The Morgan fingerprint density at radius 2 is 2.27 bits per heavy atom. The first-order valence-corrected chi connectivity index (χ1v) is 8.50. The van der Waals surface area contributed by atoms with Crippen molar-refractivity contribution in [1.29, 1.82) is 0 Å². The van der Waals surface area contributed by atoms with Crippen molar-refractivity contribution in [3.63, 3.8) is 0 Å². The van der Waals surface area contributed by atoms with E-state index in [1.54, 1.807) is 0 Å². The topological polar surface area (TPSA) is 44.4 Å². The standard InChI is InChI=1S/C18H27N3O/c1-13(19-10-9-16-4-3-11-21(16)2)14-5-7-17-15(12-14)6-8-18(22)20-17/h5,7,12-13,16,19H,3-4,6,8-11H2,1-2H3,(H,20,22). The molecule has 2 aliphatic rings. The third-order valence-electron chi connectivity index (χ3n) is 5.12. The van der Waals surface area contributed by atoms with Gasteiger partial charge in [-0.3, -0.25) is 4.79 Å². The highest BCUT2D eigenvalue weighted by Crippen LogP contribution is 2.26. The normalized spacial score (nSPS) is 23.2. The van der Waals surface area contributed by atoms with Gasteiger partial charge in [-0.15, -0.1) is 0 Å². The molecule has 2 atom stereocenters. The minimum Gasteiger partial charge on any atom is -0.326 e. The highest BCUT2D eigenvalue weighted by molar-refractivity contribution is 5.93. The lowest BCUT2D eigenvalue weighted by atomic mass is 9.97. The number of hydrogen-bond acceptors (Lipinski definition) is 3. The molecule has 0 bridgehead atoms. The van der Waals surface area contributed by atoms with Crippen LogP contribution in [-0.2, 0) is 11.2 Å². The van der Waals surface area contributed by atoms with Gasteiger partial charge < -0.3 is 15.5 Å². The second-order valence-corrected chi connectivity index (χ2v) is 6.71. The van der Waals surface area contributed by atoms with Crippen molar-refractivity contribution >= 4 is 11.6 Å². The van der Waals surface area contributed by atoms with E-state index < -0.39 is 0 Å². The Balaban J connectivity index is 1.54. The van der Waals surface area contributed by atoms with Crippen molar-refractivity contribution in [2.75, 3.05) is 25.5 Å². The summed E-state index contributed by atoms with van der Waals surface area (Å²) in [4.78, 5) is 13.9. The average Bonchev–Trinajstić information content (AvgIpc) is 2.92. The lowest BCUT2D eigenvalue weighted by Crippen LogP contribution is -2.30. The van der Waals surface area contributed by atoms with Crippen molar-refractivity contribution < 1.29 is 4.79 Å². The zero-order valence-electron chi connectivity index (χ0n) is 13.7. The van der Waals surface area contributed by atoms with Crippen LogP contribution < -0.4 is 10.6 Å². The number of likely N-dealkylation sites (tertiary alicyclic amines) is 1. The highest BCUT2D eigenvalue weighted by Gasteiger charge is 2.20. The van der Waals surface area contributed by atoms with Crippen LogP contribution in [-0.4, -0.2) is 37.0 Å². The summed E-state index contributed by atoms with van der Waals surface area (Å²) in [5.74, 6) is 0.132. The number of anilines is 1. The zero-order valence-corrected chi connectivity index (χ0v) is 13.7. The Hall–Kier alpha value is -1.39. The molecule has 0 saturated carbocycles. The van der Waals surface area contributed by atoms with Crippen LogP contribution in [0.1, 0.15) is 49.8 Å². The van der Waals surface area contributed by atoms with Crippen molar-refractivity contribution in [3.8, 4) is 0 Å². The quantitative estimate of drug-likeness (QED) is 0.879. The second kappa shape index (κ2) is 6.80. The maximum absolute atomic E-state index is 11.4. The summed E-state index contributed by atoms with van der Waals surface area (Å²) >= 11 is 0. The first kappa shape index (κ1) is 15.5. The Bertz CT molecular complexity index is 543. The van der Waals surface area contributed by atoms with Crippen LogP contribution in [0.4, 0.5) is 5.69 Å². The van der Waals surface area contributed by atoms with Crippen molar-refractivity contribution in [2.24, 2.45) is 0 Å². The van der Waals surface area contributed by atoms with Gasteiger partial charge in [-0.2, -0.15) is 0 Å². The fourth-order valence-electron chi connectivity index (χ4n) is 3.60. The van der Waals surface area contributed by atoms with Gasteiger partial charge in [0.15, 0.2) is 0 Å². The van der Waals surface area contributed by atoms with Crippen molar-refractivity contribution in [1.82, 2.24) is 10.2 Å². The smallest absolute Gasteiger partial charge is 0.224 e. The fraction of sp³-hybridized carbons (Fsp3) is 0.611. The van der Waals surface area contributed by atoms with E-state index in [0.29, 0.717) is 12.5 Å². The van der Waals surface area contributed by atoms with Gasteiger partial charge in [-0.1, -0.05) is 12.1 Å². The number of aryl methyl sites for hydroxylation is 1. The number of hydrogen-bond donors (Lipinski definition) is 2. The summed E-state index contributed by atoms with van der Waals surface area (Å²) in [5, 5.41) is 6.59. The number of carbonyl (C=O) groups excluding carboxylic acids is 1. The Kier molecular flexibility index (Phi) is 4.79. The van der Waals surface area contributed by atoms with Gasteiger partial charge in [0.25, 0.3) is 0 Å². The fourth-order valence-corrected chi connectivity index (χ4v) is 3.60. The minimum atomic E-state index is 0.132. The second-order valence-electron chi connectivity index (χ2n) is 6.71. The summed E-state index contributed by atoms with van der Waals surface area (Å²) < 4.78 is 0. The molecular formula is C18H27N3O. The van der Waals surface area contributed by atoms with Gasteiger partial charge in [0.05, 0.1) is 0 Å². The molecule has 1 amide bonds. The summed E-state index contributed by atoms with van der Waals surface area (Å²) in [6.45, 7) is 4.53. The van der Waals surface area contributed by atoms with Gasteiger partial charge in [0.2, 0.25) is 5.91 Å². The molecule has 120 valence electrons. The molecule has 2 aliphatic heterocycles. The van der Waals surface area contributed by atoms with Crippen molar-refractivity contribution in [3.05, 3.63) is 29.3 Å². The van der Waals surface area contributed by atoms with Gasteiger partial charge in [-0.05, 0) is 69.9 Å². The number of nitrogens with one attached hydrogen (secondary N) is 2. The van der Waals surface area contributed by atoms with Gasteiger partial charge in [0.1, 0.15) is 0 Å². The van der Waals surface area contributed by atoms with Gasteiger partial charge in [-0.25, -0.2) is 0 Å². The number of fused-ring (bicyclic) bond motifs is 1. The van der Waals surface area contributed by atoms with Crippen LogP contribution in [0.2, 0.25) is 0 Å². The lowest BCUT2D eigenvalue weighted by molar-refractivity contribution is -0.116. The van der Waals surface area contributed by atoms with E-state index in [-0.39, 0.29) is 5.91 Å². The van der Waals surface area contributed by atoms with E-state index in [1.165, 1.54) is 36.9 Å².